The van der Waals surface area contributed by atoms with E-state index in [1.165, 1.54) is 5.56 Å². The first-order chi connectivity index (χ1) is 10.0. The van der Waals surface area contributed by atoms with E-state index in [0.717, 1.165) is 21.8 Å². The molecule has 2 unspecified atom stereocenters. The Morgan fingerprint density at radius 1 is 1.10 bits per heavy atom. The van der Waals surface area contributed by atoms with E-state index in [-0.39, 0.29) is 6.04 Å². The molecule has 2 aromatic carbocycles. The summed E-state index contributed by atoms with van der Waals surface area (Å²) in [5, 5.41) is 0. The molecule has 2 rings (SSSR count). The predicted molar refractivity (Wildman–Crippen MR) is 87.1 cm³/mol. The Bertz CT molecular complexity index is 638. The highest BCUT2D eigenvalue weighted by Gasteiger charge is 2.13. The fraction of sp³-hybridized carbons (Fsp3) is 0.294. The maximum absolute atomic E-state index is 12.4. The maximum atomic E-state index is 12.4. The molecule has 21 heavy (non-hydrogen) atoms. The maximum Gasteiger partial charge on any atom is 0.118 e. The van der Waals surface area contributed by atoms with Crippen LogP contribution in [-0.2, 0) is 10.8 Å². The van der Waals surface area contributed by atoms with Crippen LogP contribution >= 0.6 is 0 Å². The zero-order chi connectivity index (χ0) is 15.4. The van der Waals surface area contributed by atoms with Gasteiger partial charge in [-0.15, -0.1) is 0 Å². The van der Waals surface area contributed by atoms with Gasteiger partial charge in [-0.1, -0.05) is 18.2 Å². The molecular weight excluding hydrogens is 282 g/mol. The predicted octanol–water partition coefficient (Wildman–Crippen LogP) is 3.12. The van der Waals surface area contributed by atoms with Crippen LogP contribution in [0.2, 0.25) is 0 Å². The summed E-state index contributed by atoms with van der Waals surface area (Å²) in [6.45, 7) is 4.07. The lowest BCUT2D eigenvalue weighted by molar-refractivity contribution is 0.414. The summed E-state index contributed by atoms with van der Waals surface area (Å²) < 4.78 is 17.5. The summed E-state index contributed by atoms with van der Waals surface area (Å²) >= 11 is 0. The van der Waals surface area contributed by atoms with Crippen LogP contribution in [0, 0.1) is 13.8 Å². The van der Waals surface area contributed by atoms with Crippen molar-refractivity contribution < 1.29 is 8.95 Å². The van der Waals surface area contributed by atoms with Crippen molar-refractivity contribution in [3.63, 3.8) is 0 Å². The third kappa shape index (κ3) is 3.93. The van der Waals surface area contributed by atoms with Gasteiger partial charge in [0.1, 0.15) is 5.75 Å². The minimum absolute atomic E-state index is 0.252. The minimum Gasteiger partial charge on any atom is -0.497 e. The molecule has 0 spiro atoms. The normalized spacial score (nSPS) is 13.7. The van der Waals surface area contributed by atoms with Gasteiger partial charge in [0.05, 0.1) is 17.9 Å². The van der Waals surface area contributed by atoms with E-state index < -0.39 is 10.8 Å². The van der Waals surface area contributed by atoms with Gasteiger partial charge in [-0.05, 0) is 54.8 Å². The number of rotatable bonds is 5. The van der Waals surface area contributed by atoms with Gasteiger partial charge in [0.25, 0.3) is 0 Å². The minimum atomic E-state index is -1.10. The largest absolute Gasteiger partial charge is 0.497 e. The molecule has 2 atom stereocenters. The van der Waals surface area contributed by atoms with Crippen molar-refractivity contribution in [1.82, 2.24) is 0 Å². The molecule has 0 aliphatic carbocycles. The lowest BCUT2D eigenvalue weighted by Gasteiger charge is -2.13. The average Bonchev–Trinajstić information content (AvgIpc) is 2.50. The molecule has 0 bridgehead atoms. The smallest absolute Gasteiger partial charge is 0.118 e. The average molecular weight is 303 g/mol. The van der Waals surface area contributed by atoms with E-state index in [1.54, 1.807) is 7.11 Å². The molecular formula is C17H21NO2S. The van der Waals surface area contributed by atoms with Crippen molar-refractivity contribution in [3.8, 4) is 5.75 Å². The lowest BCUT2D eigenvalue weighted by atomic mass is 10.1. The van der Waals surface area contributed by atoms with Crippen molar-refractivity contribution in [2.45, 2.75) is 24.8 Å². The second-order valence-corrected chi connectivity index (χ2v) is 6.63. The highest BCUT2D eigenvalue weighted by Crippen LogP contribution is 2.20. The second kappa shape index (κ2) is 6.87. The molecule has 0 aliphatic rings. The van der Waals surface area contributed by atoms with Crippen LogP contribution in [-0.4, -0.2) is 17.1 Å². The molecule has 2 N–H and O–H groups in total. The summed E-state index contributed by atoms with van der Waals surface area (Å²) in [6, 6.07) is 13.2. The van der Waals surface area contributed by atoms with Gasteiger partial charge in [0, 0.05) is 16.7 Å². The molecule has 0 heterocycles. The third-order valence-electron chi connectivity index (χ3n) is 3.62. The van der Waals surface area contributed by atoms with E-state index >= 15 is 0 Å². The Morgan fingerprint density at radius 3 is 2.33 bits per heavy atom. The highest BCUT2D eigenvalue weighted by atomic mass is 32.2. The topological polar surface area (TPSA) is 52.3 Å². The Hall–Kier alpha value is -1.65. The number of ether oxygens (including phenoxy) is 1. The van der Waals surface area contributed by atoms with Gasteiger partial charge in [-0.25, -0.2) is 0 Å². The third-order valence-corrected chi connectivity index (χ3v) is 5.06. The summed E-state index contributed by atoms with van der Waals surface area (Å²) in [4.78, 5) is 0.835. The molecule has 0 amide bonds. The molecule has 0 aliphatic heterocycles. The van der Waals surface area contributed by atoms with Crippen molar-refractivity contribution in [1.29, 1.82) is 0 Å². The Morgan fingerprint density at radius 2 is 1.76 bits per heavy atom. The number of benzene rings is 2. The first-order valence-electron chi connectivity index (χ1n) is 6.86. The van der Waals surface area contributed by atoms with E-state index in [9.17, 15) is 4.21 Å². The van der Waals surface area contributed by atoms with Crippen LogP contribution in [0.4, 0.5) is 0 Å². The second-order valence-electron chi connectivity index (χ2n) is 5.14. The monoisotopic (exact) mass is 303 g/mol. The van der Waals surface area contributed by atoms with Crippen LogP contribution < -0.4 is 10.5 Å². The van der Waals surface area contributed by atoms with Crippen molar-refractivity contribution in [3.05, 3.63) is 59.2 Å². The number of nitrogens with two attached hydrogens (primary N) is 1. The van der Waals surface area contributed by atoms with Crippen LogP contribution in [0.5, 0.6) is 5.75 Å². The summed E-state index contributed by atoms with van der Waals surface area (Å²) in [5.74, 6) is 1.20. The Kier molecular flexibility index (Phi) is 5.15. The fourth-order valence-corrected chi connectivity index (χ4v) is 3.30. The van der Waals surface area contributed by atoms with Gasteiger partial charge in [-0.3, -0.25) is 4.21 Å². The molecule has 0 radical (unpaired) electrons. The molecule has 0 aromatic heterocycles. The highest BCUT2D eigenvalue weighted by molar-refractivity contribution is 7.85. The first-order valence-corrected chi connectivity index (χ1v) is 8.18. The van der Waals surface area contributed by atoms with Gasteiger partial charge in [-0.2, -0.15) is 0 Å². The van der Waals surface area contributed by atoms with Crippen LogP contribution in [0.25, 0.3) is 0 Å². The number of methoxy groups -OCH3 is 1. The van der Waals surface area contributed by atoms with E-state index in [1.807, 2.05) is 56.3 Å². The quantitative estimate of drug-likeness (QED) is 0.923. The Labute approximate surface area is 128 Å². The molecule has 0 saturated heterocycles. The van der Waals surface area contributed by atoms with Gasteiger partial charge in [0.2, 0.25) is 0 Å². The molecule has 112 valence electrons. The molecule has 2 aromatic rings. The van der Waals surface area contributed by atoms with Crippen molar-refractivity contribution in [2.24, 2.45) is 5.73 Å². The van der Waals surface area contributed by atoms with E-state index in [2.05, 4.69) is 0 Å². The lowest BCUT2D eigenvalue weighted by Crippen LogP contribution is -2.18. The molecule has 0 saturated carbocycles. The van der Waals surface area contributed by atoms with E-state index in [0.29, 0.717) is 5.75 Å². The van der Waals surface area contributed by atoms with Gasteiger partial charge < -0.3 is 10.5 Å². The Balaban J connectivity index is 2.08. The number of hydrogen-bond donors (Lipinski definition) is 1. The molecule has 3 nitrogen and oxygen atoms in total. The fourth-order valence-electron chi connectivity index (χ4n) is 2.06. The summed E-state index contributed by atoms with van der Waals surface area (Å²) in [5.41, 5.74) is 9.48. The van der Waals surface area contributed by atoms with Crippen LogP contribution in [0.15, 0.2) is 47.4 Å². The van der Waals surface area contributed by atoms with Gasteiger partial charge in [0.15, 0.2) is 0 Å². The summed E-state index contributed by atoms with van der Waals surface area (Å²) in [6.07, 6.45) is 0. The first kappa shape index (κ1) is 15.7. The number of aryl methyl sites for hydroxylation is 2. The summed E-state index contributed by atoms with van der Waals surface area (Å²) in [7, 11) is 0.533. The van der Waals surface area contributed by atoms with Crippen molar-refractivity contribution >= 4 is 10.8 Å². The number of hydrogen-bond acceptors (Lipinski definition) is 3. The van der Waals surface area contributed by atoms with Crippen LogP contribution in [0.1, 0.15) is 22.7 Å². The standard InChI is InChI=1S/C17H21NO2S/c1-12-4-9-16(10-13(12)2)21(19)11-17(18)14-5-7-15(20-3)8-6-14/h4-10,17H,11,18H2,1-3H3. The van der Waals surface area contributed by atoms with E-state index in [4.69, 9.17) is 10.5 Å². The molecule has 4 heteroatoms. The molecule has 0 fully saturated rings. The zero-order valence-electron chi connectivity index (χ0n) is 12.6. The zero-order valence-corrected chi connectivity index (χ0v) is 13.4. The van der Waals surface area contributed by atoms with Gasteiger partial charge >= 0.3 is 0 Å². The van der Waals surface area contributed by atoms with Crippen molar-refractivity contribution in [2.75, 3.05) is 12.9 Å². The SMILES string of the molecule is COc1ccc(C(N)CS(=O)c2ccc(C)c(C)c2)cc1. The van der Waals surface area contributed by atoms with Crippen LogP contribution in [0.3, 0.4) is 0 Å².